The molecule has 80 valence electrons. The molecule has 0 aliphatic carbocycles. The summed E-state index contributed by atoms with van der Waals surface area (Å²) in [5.41, 5.74) is 3.32. The number of rotatable bonds is 3. The third kappa shape index (κ3) is 2.03. The molecule has 0 fully saturated rings. The number of aromatic nitrogens is 1. The molecular formula is C7H5F2N3O3. The smallest absolute Gasteiger partial charge is 0.366 e. The number of nitrogen functional groups attached to an aromatic ring is 1. The van der Waals surface area contributed by atoms with Crippen molar-refractivity contribution in [2.24, 2.45) is 0 Å². The molecule has 0 radical (unpaired) electrons. The molecule has 1 rings (SSSR count). The molecule has 2 N–H and O–H groups in total. The third-order valence-electron chi connectivity index (χ3n) is 1.62. The lowest BCUT2D eigenvalue weighted by Crippen LogP contribution is -2.05. The highest BCUT2D eigenvalue weighted by Gasteiger charge is 2.25. The van der Waals surface area contributed by atoms with E-state index < -0.39 is 28.4 Å². The minimum atomic E-state index is -3.09. The predicted octanol–water partition coefficient (Wildman–Crippen LogP) is 1.32. The minimum Gasteiger partial charge on any atom is -0.398 e. The first kappa shape index (κ1) is 11.0. The normalized spacial score (nSPS) is 10.3. The molecule has 6 nitrogen and oxygen atoms in total. The van der Waals surface area contributed by atoms with Gasteiger partial charge in [-0.2, -0.15) is 0 Å². The van der Waals surface area contributed by atoms with E-state index in [9.17, 15) is 23.7 Å². The maximum Gasteiger partial charge on any atom is 0.366 e. The van der Waals surface area contributed by atoms with E-state index in [1.807, 2.05) is 0 Å². The van der Waals surface area contributed by atoms with E-state index in [0.29, 0.717) is 0 Å². The number of pyridine rings is 1. The highest BCUT2D eigenvalue weighted by atomic mass is 19.3. The largest absolute Gasteiger partial charge is 0.398 e. The maximum atomic E-state index is 12.3. The molecule has 0 unspecified atom stereocenters. The van der Waals surface area contributed by atoms with Gasteiger partial charge in [0.25, 0.3) is 0 Å². The van der Waals surface area contributed by atoms with Gasteiger partial charge in [0.2, 0.25) is 5.69 Å². The molecule has 1 heterocycles. The van der Waals surface area contributed by atoms with Gasteiger partial charge in [0.1, 0.15) is 0 Å². The van der Waals surface area contributed by atoms with E-state index in [0.717, 1.165) is 6.07 Å². The lowest BCUT2D eigenvalue weighted by molar-refractivity contribution is -0.389. The molecule has 0 amide bonds. The molecular weight excluding hydrogens is 212 g/mol. The van der Waals surface area contributed by atoms with Gasteiger partial charge in [0.05, 0.1) is 17.3 Å². The van der Waals surface area contributed by atoms with Crippen molar-refractivity contribution in [1.29, 1.82) is 0 Å². The minimum absolute atomic E-state index is 0.0908. The number of hydrogen-bond acceptors (Lipinski definition) is 5. The van der Waals surface area contributed by atoms with Crippen molar-refractivity contribution in [3.05, 3.63) is 27.4 Å². The third-order valence-corrected chi connectivity index (χ3v) is 1.62. The van der Waals surface area contributed by atoms with Gasteiger partial charge in [-0.05, 0) is 9.91 Å². The zero-order valence-electron chi connectivity index (χ0n) is 7.18. The SMILES string of the molecule is Nc1cc([N+](=O)[O-])nc(C(F)F)c1C=O. The number of carbonyl (C=O) groups is 1. The molecule has 1 aromatic heterocycles. The number of anilines is 1. The molecule has 8 heteroatoms. The van der Waals surface area contributed by atoms with Crippen molar-refractivity contribution in [1.82, 2.24) is 4.98 Å². The van der Waals surface area contributed by atoms with Gasteiger partial charge in [0.15, 0.2) is 6.29 Å². The van der Waals surface area contributed by atoms with Crippen LogP contribution in [0.2, 0.25) is 0 Å². The molecule has 0 saturated carbocycles. The Morgan fingerprint density at radius 2 is 2.20 bits per heavy atom. The van der Waals surface area contributed by atoms with Crippen LogP contribution in [0.3, 0.4) is 0 Å². The van der Waals surface area contributed by atoms with Crippen LogP contribution in [0.4, 0.5) is 20.3 Å². The van der Waals surface area contributed by atoms with Crippen molar-refractivity contribution in [3.63, 3.8) is 0 Å². The molecule has 0 saturated heterocycles. The Morgan fingerprint density at radius 1 is 1.60 bits per heavy atom. The first-order chi connectivity index (χ1) is 6.97. The fraction of sp³-hybridized carbons (Fsp3) is 0.143. The Balaban J connectivity index is 3.45. The van der Waals surface area contributed by atoms with Crippen LogP contribution in [0.15, 0.2) is 6.07 Å². The number of nitrogens with two attached hydrogens (primary N) is 1. The van der Waals surface area contributed by atoms with Crippen LogP contribution in [0.25, 0.3) is 0 Å². The lowest BCUT2D eigenvalue weighted by atomic mass is 10.2. The number of carbonyl (C=O) groups excluding carboxylic acids is 1. The maximum absolute atomic E-state index is 12.3. The second-order valence-corrected chi connectivity index (χ2v) is 2.54. The lowest BCUT2D eigenvalue weighted by Gasteiger charge is -2.02. The van der Waals surface area contributed by atoms with Gasteiger partial charge < -0.3 is 15.8 Å². The Kier molecular flexibility index (Phi) is 2.88. The molecule has 0 atom stereocenters. The van der Waals surface area contributed by atoms with E-state index in [2.05, 4.69) is 4.98 Å². The summed E-state index contributed by atoms with van der Waals surface area (Å²) in [5.74, 6) is -0.812. The summed E-state index contributed by atoms with van der Waals surface area (Å²) in [6.07, 6.45) is -3.00. The van der Waals surface area contributed by atoms with E-state index in [-0.39, 0.29) is 12.0 Å². The van der Waals surface area contributed by atoms with Crippen LogP contribution >= 0.6 is 0 Å². The number of hydrogen-bond donors (Lipinski definition) is 1. The highest BCUT2D eigenvalue weighted by molar-refractivity contribution is 5.85. The van der Waals surface area contributed by atoms with Crippen molar-refractivity contribution in [2.75, 3.05) is 5.73 Å². The fourth-order valence-electron chi connectivity index (χ4n) is 0.969. The summed E-state index contributed by atoms with van der Waals surface area (Å²) in [4.78, 5) is 22.8. The van der Waals surface area contributed by atoms with Crippen molar-refractivity contribution >= 4 is 17.8 Å². The molecule has 15 heavy (non-hydrogen) atoms. The van der Waals surface area contributed by atoms with Crippen LogP contribution in [0, 0.1) is 10.1 Å². The van der Waals surface area contributed by atoms with E-state index >= 15 is 0 Å². The van der Waals surface area contributed by atoms with Gasteiger partial charge in [-0.15, -0.1) is 0 Å². The average molecular weight is 217 g/mol. The summed E-state index contributed by atoms with van der Waals surface area (Å²) < 4.78 is 24.7. The van der Waals surface area contributed by atoms with Crippen LogP contribution in [0.1, 0.15) is 22.5 Å². The van der Waals surface area contributed by atoms with Crippen LogP contribution in [0.5, 0.6) is 0 Å². The van der Waals surface area contributed by atoms with Gasteiger partial charge >= 0.3 is 12.2 Å². The van der Waals surface area contributed by atoms with Crippen LogP contribution < -0.4 is 5.73 Å². The van der Waals surface area contributed by atoms with Gasteiger partial charge in [0, 0.05) is 0 Å². The van der Waals surface area contributed by atoms with E-state index in [1.54, 1.807) is 0 Å². The number of halogens is 2. The number of aldehydes is 1. The average Bonchev–Trinajstić information content (AvgIpc) is 2.16. The fourth-order valence-corrected chi connectivity index (χ4v) is 0.969. The molecule has 0 aliphatic heterocycles. The van der Waals surface area contributed by atoms with Crippen LogP contribution in [-0.2, 0) is 0 Å². The van der Waals surface area contributed by atoms with Crippen molar-refractivity contribution in [2.45, 2.75) is 6.43 Å². The Bertz CT molecular complexity index is 422. The summed E-state index contributed by atoms with van der Waals surface area (Å²) in [6, 6.07) is 0.760. The Hall–Kier alpha value is -2.12. The van der Waals surface area contributed by atoms with Gasteiger partial charge in [-0.3, -0.25) is 4.79 Å². The second kappa shape index (κ2) is 3.95. The zero-order chi connectivity index (χ0) is 11.6. The van der Waals surface area contributed by atoms with Crippen molar-refractivity contribution in [3.8, 4) is 0 Å². The molecule has 0 bridgehead atoms. The number of nitrogens with zero attached hydrogens (tertiary/aromatic N) is 2. The molecule has 0 aromatic carbocycles. The first-order valence-corrected chi connectivity index (χ1v) is 3.65. The molecule has 0 spiro atoms. The van der Waals surface area contributed by atoms with Gasteiger partial charge in [-0.1, -0.05) is 0 Å². The molecule has 0 aliphatic rings. The van der Waals surface area contributed by atoms with E-state index in [1.165, 1.54) is 0 Å². The summed E-state index contributed by atoms with van der Waals surface area (Å²) in [7, 11) is 0. The number of nitro groups is 1. The quantitative estimate of drug-likeness (QED) is 0.467. The first-order valence-electron chi connectivity index (χ1n) is 3.65. The standard InChI is InChI=1S/C7H5F2N3O3/c8-7(9)6-3(2-13)4(10)1-5(11-6)12(14)15/h1-2,7H,(H2,10,11). The second-order valence-electron chi connectivity index (χ2n) is 2.54. The summed E-state index contributed by atoms with van der Waals surface area (Å²) in [5, 5.41) is 10.3. The highest BCUT2D eigenvalue weighted by Crippen LogP contribution is 2.26. The summed E-state index contributed by atoms with van der Waals surface area (Å²) in [6.45, 7) is 0. The number of alkyl halides is 2. The monoisotopic (exact) mass is 217 g/mol. The topological polar surface area (TPSA) is 99.1 Å². The zero-order valence-corrected chi connectivity index (χ0v) is 7.18. The van der Waals surface area contributed by atoms with Gasteiger partial charge in [-0.25, -0.2) is 8.78 Å². The molecule has 1 aromatic rings. The Morgan fingerprint density at radius 3 is 2.60 bits per heavy atom. The van der Waals surface area contributed by atoms with Crippen LogP contribution in [-0.4, -0.2) is 16.2 Å². The van der Waals surface area contributed by atoms with Crippen molar-refractivity contribution < 1.29 is 18.5 Å². The van der Waals surface area contributed by atoms with E-state index in [4.69, 9.17) is 5.73 Å². The Labute approximate surface area is 81.9 Å². The predicted molar refractivity (Wildman–Crippen MR) is 45.6 cm³/mol. The summed E-state index contributed by atoms with van der Waals surface area (Å²) >= 11 is 0.